The Morgan fingerprint density at radius 2 is 2.11 bits per heavy atom. The highest BCUT2D eigenvalue weighted by Crippen LogP contribution is 2.28. The molecule has 2 saturated heterocycles. The van der Waals surface area contributed by atoms with Crippen LogP contribution in [0.1, 0.15) is 65.2 Å². The minimum absolute atomic E-state index is 0.232. The number of carbonyl (C=O) groups excluding carboxylic acids is 1. The molecule has 2 atom stereocenters. The zero-order valence-corrected chi connectivity index (χ0v) is 12.7. The predicted molar refractivity (Wildman–Crippen MR) is 79.1 cm³/mol. The van der Waals surface area contributed by atoms with Crippen molar-refractivity contribution in [3.8, 4) is 0 Å². The van der Waals surface area contributed by atoms with Crippen LogP contribution in [-0.4, -0.2) is 36.0 Å². The number of likely N-dealkylation sites (tertiary alicyclic amines) is 1. The zero-order chi connectivity index (χ0) is 13.7. The summed E-state index contributed by atoms with van der Waals surface area (Å²) in [6.07, 6.45) is 9.42. The number of hydrogen-bond acceptors (Lipinski definition) is 2. The average molecular weight is 266 g/mol. The predicted octanol–water partition coefficient (Wildman–Crippen LogP) is 2.95. The van der Waals surface area contributed by atoms with E-state index < -0.39 is 0 Å². The van der Waals surface area contributed by atoms with Crippen LogP contribution in [0.15, 0.2) is 0 Å². The number of hydrogen-bond donors (Lipinski definition) is 1. The smallest absolute Gasteiger partial charge is 0.242 e. The van der Waals surface area contributed by atoms with Crippen molar-refractivity contribution in [2.45, 2.75) is 70.8 Å². The molecule has 2 unspecified atom stereocenters. The highest BCUT2D eigenvalue weighted by atomic mass is 16.2. The monoisotopic (exact) mass is 266 g/mol. The standard InChI is InChI=1S/C16H30N2O/c1-3-7-14-8-5-12-18(13-9-14)15(19)16(4-2)10-6-11-17-16/h14,17H,3-13H2,1-2H3. The molecule has 3 heteroatoms. The van der Waals surface area contributed by atoms with Gasteiger partial charge in [0.2, 0.25) is 5.91 Å². The molecule has 110 valence electrons. The molecule has 0 saturated carbocycles. The molecule has 2 heterocycles. The van der Waals surface area contributed by atoms with Crippen molar-refractivity contribution in [2.75, 3.05) is 19.6 Å². The number of nitrogens with one attached hydrogen (secondary N) is 1. The van der Waals surface area contributed by atoms with E-state index in [1.54, 1.807) is 0 Å². The number of carbonyl (C=O) groups is 1. The normalized spacial score (nSPS) is 32.3. The van der Waals surface area contributed by atoms with Gasteiger partial charge >= 0.3 is 0 Å². The van der Waals surface area contributed by atoms with Gasteiger partial charge in [0, 0.05) is 13.1 Å². The van der Waals surface area contributed by atoms with Crippen LogP contribution in [-0.2, 0) is 4.79 Å². The van der Waals surface area contributed by atoms with E-state index in [-0.39, 0.29) is 5.54 Å². The van der Waals surface area contributed by atoms with Gasteiger partial charge < -0.3 is 10.2 Å². The van der Waals surface area contributed by atoms with Crippen molar-refractivity contribution < 1.29 is 4.79 Å². The first-order chi connectivity index (χ1) is 9.22. The summed E-state index contributed by atoms with van der Waals surface area (Å²) in [6.45, 7) is 7.37. The average Bonchev–Trinajstić information content (AvgIpc) is 2.80. The summed E-state index contributed by atoms with van der Waals surface area (Å²) in [6, 6.07) is 0. The molecular weight excluding hydrogens is 236 g/mol. The topological polar surface area (TPSA) is 32.3 Å². The highest BCUT2D eigenvalue weighted by molar-refractivity contribution is 5.86. The molecule has 0 aromatic rings. The van der Waals surface area contributed by atoms with Crippen LogP contribution in [0.4, 0.5) is 0 Å². The van der Waals surface area contributed by atoms with E-state index >= 15 is 0 Å². The maximum absolute atomic E-state index is 12.8. The summed E-state index contributed by atoms with van der Waals surface area (Å²) in [4.78, 5) is 15.0. The van der Waals surface area contributed by atoms with Crippen molar-refractivity contribution >= 4 is 5.91 Å². The van der Waals surface area contributed by atoms with Gasteiger partial charge in [-0.15, -0.1) is 0 Å². The van der Waals surface area contributed by atoms with E-state index in [4.69, 9.17) is 0 Å². The van der Waals surface area contributed by atoms with Crippen LogP contribution in [0.25, 0.3) is 0 Å². The van der Waals surface area contributed by atoms with Gasteiger partial charge in [-0.1, -0.05) is 26.7 Å². The molecule has 3 nitrogen and oxygen atoms in total. The second-order valence-corrected chi connectivity index (χ2v) is 6.34. The summed E-state index contributed by atoms with van der Waals surface area (Å²) in [7, 11) is 0. The molecular formula is C16H30N2O. The first kappa shape index (κ1) is 14.8. The van der Waals surface area contributed by atoms with Crippen LogP contribution in [0, 0.1) is 5.92 Å². The van der Waals surface area contributed by atoms with E-state index in [0.29, 0.717) is 5.91 Å². The Morgan fingerprint density at radius 3 is 2.74 bits per heavy atom. The Hall–Kier alpha value is -0.570. The first-order valence-electron chi connectivity index (χ1n) is 8.26. The number of rotatable bonds is 4. The third kappa shape index (κ3) is 3.31. The van der Waals surface area contributed by atoms with Crippen molar-refractivity contribution in [3.05, 3.63) is 0 Å². The maximum Gasteiger partial charge on any atom is 0.242 e. The van der Waals surface area contributed by atoms with Crippen LogP contribution >= 0.6 is 0 Å². The number of amides is 1. The van der Waals surface area contributed by atoms with Crippen molar-refractivity contribution in [2.24, 2.45) is 5.92 Å². The Bertz CT molecular complexity index is 297. The lowest BCUT2D eigenvalue weighted by Crippen LogP contribution is -2.54. The lowest BCUT2D eigenvalue weighted by atomic mass is 9.92. The highest BCUT2D eigenvalue weighted by Gasteiger charge is 2.41. The minimum Gasteiger partial charge on any atom is -0.341 e. The van der Waals surface area contributed by atoms with Gasteiger partial charge in [0.15, 0.2) is 0 Å². The summed E-state index contributed by atoms with van der Waals surface area (Å²) < 4.78 is 0. The molecule has 0 aromatic heterocycles. The molecule has 0 bridgehead atoms. The third-order valence-corrected chi connectivity index (χ3v) is 5.09. The fraction of sp³-hybridized carbons (Fsp3) is 0.938. The lowest BCUT2D eigenvalue weighted by molar-refractivity contribution is -0.138. The van der Waals surface area contributed by atoms with Gasteiger partial charge in [-0.2, -0.15) is 0 Å². The van der Waals surface area contributed by atoms with Crippen LogP contribution < -0.4 is 5.32 Å². The van der Waals surface area contributed by atoms with E-state index in [2.05, 4.69) is 24.1 Å². The molecule has 19 heavy (non-hydrogen) atoms. The Morgan fingerprint density at radius 1 is 1.26 bits per heavy atom. The number of nitrogens with zero attached hydrogens (tertiary/aromatic N) is 1. The van der Waals surface area contributed by atoms with Gasteiger partial charge in [0.25, 0.3) is 0 Å². The summed E-state index contributed by atoms with van der Waals surface area (Å²) >= 11 is 0. The first-order valence-corrected chi connectivity index (χ1v) is 8.26. The van der Waals surface area contributed by atoms with E-state index in [0.717, 1.165) is 44.8 Å². The molecule has 0 spiro atoms. The fourth-order valence-electron chi connectivity index (χ4n) is 3.81. The van der Waals surface area contributed by atoms with Crippen LogP contribution in [0.5, 0.6) is 0 Å². The van der Waals surface area contributed by atoms with Gasteiger partial charge in [0.05, 0.1) is 5.54 Å². The summed E-state index contributed by atoms with van der Waals surface area (Å²) in [5.74, 6) is 1.22. The molecule has 2 rings (SSSR count). The van der Waals surface area contributed by atoms with Crippen molar-refractivity contribution in [3.63, 3.8) is 0 Å². The van der Waals surface area contributed by atoms with Crippen molar-refractivity contribution in [1.29, 1.82) is 0 Å². The summed E-state index contributed by atoms with van der Waals surface area (Å²) in [5, 5.41) is 3.48. The zero-order valence-electron chi connectivity index (χ0n) is 12.7. The van der Waals surface area contributed by atoms with E-state index in [1.807, 2.05) is 0 Å². The van der Waals surface area contributed by atoms with Crippen molar-refractivity contribution in [1.82, 2.24) is 10.2 Å². The van der Waals surface area contributed by atoms with E-state index in [9.17, 15) is 4.79 Å². The fourth-order valence-corrected chi connectivity index (χ4v) is 3.81. The molecule has 0 aromatic carbocycles. The largest absolute Gasteiger partial charge is 0.341 e. The minimum atomic E-state index is -0.232. The Kier molecular flexibility index (Phi) is 5.26. The molecule has 2 aliphatic heterocycles. The second kappa shape index (κ2) is 6.74. The van der Waals surface area contributed by atoms with Crippen LogP contribution in [0.2, 0.25) is 0 Å². The Balaban J connectivity index is 1.95. The van der Waals surface area contributed by atoms with Gasteiger partial charge in [-0.3, -0.25) is 4.79 Å². The van der Waals surface area contributed by atoms with Gasteiger partial charge in [-0.25, -0.2) is 0 Å². The third-order valence-electron chi connectivity index (χ3n) is 5.09. The molecule has 2 aliphatic rings. The lowest BCUT2D eigenvalue weighted by Gasteiger charge is -2.33. The van der Waals surface area contributed by atoms with E-state index in [1.165, 1.54) is 32.1 Å². The molecule has 0 radical (unpaired) electrons. The molecule has 1 amide bonds. The Labute approximate surface area is 118 Å². The maximum atomic E-state index is 12.8. The van der Waals surface area contributed by atoms with Gasteiger partial charge in [-0.05, 0) is 51.0 Å². The quantitative estimate of drug-likeness (QED) is 0.848. The van der Waals surface area contributed by atoms with Crippen LogP contribution in [0.3, 0.4) is 0 Å². The van der Waals surface area contributed by atoms with Gasteiger partial charge in [0.1, 0.15) is 0 Å². The second-order valence-electron chi connectivity index (χ2n) is 6.34. The molecule has 1 N–H and O–H groups in total. The summed E-state index contributed by atoms with van der Waals surface area (Å²) in [5.41, 5.74) is -0.232. The molecule has 0 aliphatic carbocycles. The SMILES string of the molecule is CCCC1CCCN(C(=O)C2(CC)CCCN2)CC1. The molecule has 2 fully saturated rings.